The Morgan fingerprint density at radius 1 is 0.677 bits per heavy atom. The Hall–Kier alpha value is -4.77. The van der Waals surface area contributed by atoms with Crippen molar-refractivity contribution in [3.8, 4) is 6.07 Å². The van der Waals surface area contributed by atoms with Gasteiger partial charge in [-0.2, -0.15) is 25.3 Å². The molecular weight excluding hydrogens is 388 g/mol. The number of anilines is 5. The molecule has 0 saturated heterocycles. The fraction of sp³-hybridized carbons (Fsp3) is 0. The zero-order chi connectivity index (χ0) is 21.3. The van der Waals surface area contributed by atoms with Gasteiger partial charge in [-0.25, -0.2) is 5.43 Å². The molecule has 8 heteroatoms. The molecule has 1 aromatic heterocycles. The number of hydrazone groups is 1. The highest BCUT2D eigenvalue weighted by atomic mass is 15.4. The van der Waals surface area contributed by atoms with E-state index in [2.05, 4.69) is 42.2 Å². The number of nitriles is 1. The smallest absolute Gasteiger partial charge is 0.250 e. The van der Waals surface area contributed by atoms with Gasteiger partial charge in [0.15, 0.2) is 0 Å². The Labute approximate surface area is 179 Å². The van der Waals surface area contributed by atoms with Crippen molar-refractivity contribution in [1.82, 2.24) is 15.0 Å². The van der Waals surface area contributed by atoms with E-state index >= 15 is 0 Å². The topological polar surface area (TPSA) is 111 Å². The van der Waals surface area contributed by atoms with Gasteiger partial charge in [0.2, 0.25) is 17.8 Å². The van der Waals surface area contributed by atoms with Crippen LogP contribution in [0.3, 0.4) is 0 Å². The number of aromatic nitrogens is 3. The van der Waals surface area contributed by atoms with Gasteiger partial charge in [0.25, 0.3) is 0 Å². The van der Waals surface area contributed by atoms with Crippen molar-refractivity contribution in [2.45, 2.75) is 0 Å². The van der Waals surface area contributed by atoms with Gasteiger partial charge in [-0.15, -0.1) is 0 Å². The maximum Gasteiger partial charge on any atom is 0.250 e. The summed E-state index contributed by atoms with van der Waals surface area (Å²) in [6.45, 7) is 0. The second-order valence-electron chi connectivity index (χ2n) is 6.39. The van der Waals surface area contributed by atoms with Crippen LogP contribution in [-0.4, -0.2) is 21.2 Å². The molecule has 0 bridgehead atoms. The van der Waals surface area contributed by atoms with Crippen LogP contribution in [0.1, 0.15) is 11.1 Å². The van der Waals surface area contributed by atoms with Crippen LogP contribution in [0.2, 0.25) is 0 Å². The van der Waals surface area contributed by atoms with Crippen molar-refractivity contribution >= 4 is 35.4 Å². The summed E-state index contributed by atoms with van der Waals surface area (Å²) >= 11 is 0. The monoisotopic (exact) mass is 406 g/mol. The van der Waals surface area contributed by atoms with Crippen molar-refractivity contribution < 1.29 is 0 Å². The first-order chi connectivity index (χ1) is 15.3. The van der Waals surface area contributed by atoms with Crippen LogP contribution < -0.4 is 16.1 Å². The van der Waals surface area contributed by atoms with Crippen LogP contribution in [0.25, 0.3) is 0 Å². The van der Waals surface area contributed by atoms with Gasteiger partial charge in [0.05, 0.1) is 17.8 Å². The third kappa shape index (κ3) is 5.62. The quantitative estimate of drug-likeness (QED) is 0.302. The predicted octanol–water partition coefficient (Wildman–Crippen LogP) is 4.68. The van der Waals surface area contributed by atoms with Crippen LogP contribution in [0, 0.1) is 11.3 Å². The molecule has 0 aliphatic rings. The summed E-state index contributed by atoms with van der Waals surface area (Å²) in [6.07, 6.45) is 1.62. The molecule has 0 aliphatic heterocycles. The molecule has 0 radical (unpaired) electrons. The molecule has 3 N–H and O–H groups in total. The van der Waals surface area contributed by atoms with Gasteiger partial charge in [0.1, 0.15) is 0 Å². The second kappa shape index (κ2) is 9.62. The number of nitrogens with one attached hydrogen (secondary N) is 3. The SMILES string of the molecule is N#Cc1ccc(C=NNc2nc(Nc3ccccc3)nc(Nc3ccccc3)n2)cc1. The highest BCUT2D eigenvalue weighted by molar-refractivity contribution is 5.80. The van der Waals surface area contributed by atoms with Crippen LogP contribution in [0.15, 0.2) is 90.0 Å². The van der Waals surface area contributed by atoms with E-state index in [1.807, 2.05) is 72.8 Å². The number of benzene rings is 3. The van der Waals surface area contributed by atoms with Crippen LogP contribution in [0.4, 0.5) is 29.2 Å². The third-order valence-electron chi connectivity index (χ3n) is 4.11. The Kier molecular flexibility index (Phi) is 6.07. The summed E-state index contributed by atoms with van der Waals surface area (Å²) in [4.78, 5) is 13.2. The number of nitrogens with zero attached hydrogens (tertiary/aromatic N) is 5. The van der Waals surface area contributed by atoms with Crippen molar-refractivity contribution in [3.05, 3.63) is 96.1 Å². The molecule has 1 heterocycles. The molecule has 4 rings (SSSR count). The van der Waals surface area contributed by atoms with Crippen molar-refractivity contribution in [2.24, 2.45) is 5.10 Å². The summed E-state index contributed by atoms with van der Waals surface area (Å²) in [6, 6.07) is 28.4. The molecule has 8 nitrogen and oxygen atoms in total. The fourth-order valence-electron chi connectivity index (χ4n) is 2.65. The Bertz CT molecular complexity index is 1140. The maximum atomic E-state index is 8.89. The van der Waals surface area contributed by atoms with E-state index in [0.717, 1.165) is 16.9 Å². The number of hydrogen-bond donors (Lipinski definition) is 3. The molecule has 0 atom stereocenters. The fourth-order valence-corrected chi connectivity index (χ4v) is 2.65. The van der Waals surface area contributed by atoms with E-state index in [-0.39, 0.29) is 5.95 Å². The van der Waals surface area contributed by atoms with Crippen molar-refractivity contribution in [3.63, 3.8) is 0 Å². The predicted molar refractivity (Wildman–Crippen MR) is 122 cm³/mol. The molecule has 0 unspecified atom stereocenters. The summed E-state index contributed by atoms with van der Waals surface area (Å²) in [5, 5.41) is 19.4. The van der Waals surface area contributed by atoms with E-state index < -0.39 is 0 Å². The number of hydrogen-bond acceptors (Lipinski definition) is 8. The minimum absolute atomic E-state index is 0.275. The average molecular weight is 406 g/mol. The van der Waals surface area contributed by atoms with E-state index in [9.17, 15) is 0 Å². The Morgan fingerprint density at radius 3 is 1.71 bits per heavy atom. The molecule has 0 fully saturated rings. The molecule has 3 aromatic carbocycles. The second-order valence-corrected chi connectivity index (χ2v) is 6.39. The maximum absolute atomic E-state index is 8.89. The first-order valence-corrected chi connectivity index (χ1v) is 9.48. The molecule has 4 aromatic rings. The lowest BCUT2D eigenvalue weighted by Gasteiger charge is -2.10. The lowest BCUT2D eigenvalue weighted by molar-refractivity contribution is 1.04. The number of para-hydroxylation sites is 2. The lowest BCUT2D eigenvalue weighted by atomic mass is 10.2. The normalized spacial score (nSPS) is 10.4. The summed E-state index contributed by atoms with van der Waals surface area (Å²) in [5.74, 6) is 1.02. The largest absolute Gasteiger partial charge is 0.324 e. The van der Waals surface area contributed by atoms with Gasteiger partial charge in [-0.1, -0.05) is 48.5 Å². The van der Waals surface area contributed by atoms with Gasteiger partial charge >= 0.3 is 0 Å². The molecule has 0 saturated carbocycles. The Morgan fingerprint density at radius 2 is 1.19 bits per heavy atom. The zero-order valence-corrected chi connectivity index (χ0v) is 16.4. The van der Waals surface area contributed by atoms with E-state index in [1.165, 1.54) is 0 Å². The van der Waals surface area contributed by atoms with Gasteiger partial charge in [-0.05, 0) is 42.0 Å². The summed E-state index contributed by atoms with van der Waals surface area (Å²) in [7, 11) is 0. The minimum atomic E-state index is 0.275. The molecule has 150 valence electrons. The third-order valence-corrected chi connectivity index (χ3v) is 4.11. The standard InChI is InChI=1S/C23H18N8/c24-15-17-11-13-18(14-12-17)16-25-31-23-29-21(26-19-7-3-1-4-8-19)28-22(30-23)27-20-9-5-2-6-10-20/h1-14,16H,(H3,26,27,28,29,30,31). The first kappa shape index (κ1) is 19.5. The summed E-state index contributed by atoms with van der Waals surface area (Å²) < 4.78 is 0. The van der Waals surface area contributed by atoms with E-state index in [0.29, 0.717) is 17.5 Å². The number of rotatable bonds is 7. The van der Waals surface area contributed by atoms with Crippen molar-refractivity contribution in [2.75, 3.05) is 16.1 Å². The van der Waals surface area contributed by atoms with E-state index in [4.69, 9.17) is 5.26 Å². The van der Waals surface area contributed by atoms with Gasteiger partial charge in [-0.3, -0.25) is 0 Å². The first-order valence-electron chi connectivity index (χ1n) is 9.48. The lowest BCUT2D eigenvalue weighted by Crippen LogP contribution is -2.07. The van der Waals surface area contributed by atoms with Gasteiger partial charge < -0.3 is 10.6 Å². The molecule has 0 amide bonds. The van der Waals surface area contributed by atoms with Crippen LogP contribution in [0.5, 0.6) is 0 Å². The zero-order valence-electron chi connectivity index (χ0n) is 16.4. The molecule has 0 spiro atoms. The Balaban J connectivity index is 1.55. The molecule has 0 aliphatic carbocycles. The van der Waals surface area contributed by atoms with Crippen molar-refractivity contribution in [1.29, 1.82) is 5.26 Å². The molecular formula is C23H18N8. The highest BCUT2D eigenvalue weighted by Crippen LogP contribution is 2.18. The van der Waals surface area contributed by atoms with E-state index in [1.54, 1.807) is 18.3 Å². The van der Waals surface area contributed by atoms with Crippen LogP contribution >= 0.6 is 0 Å². The van der Waals surface area contributed by atoms with Crippen LogP contribution in [-0.2, 0) is 0 Å². The summed E-state index contributed by atoms with van der Waals surface area (Å²) in [5.41, 5.74) is 5.97. The van der Waals surface area contributed by atoms with Gasteiger partial charge in [0, 0.05) is 11.4 Å². The minimum Gasteiger partial charge on any atom is -0.324 e. The molecule has 31 heavy (non-hydrogen) atoms. The highest BCUT2D eigenvalue weighted by Gasteiger charge is 2.07. The average Bonchev–Trinajstić information content (AvgIpc) is 2.81.